The van der Waals surface area contributed by atoms with Crippen LogP contribution in [0.1, 0.15) is 0 Å². The monoisotopic (exact) mass is 292 g/mol. The van der Waals surface area contributed by atoms with E-state index in [0.717, 1.165) is 4.31 Å². The Bertz CT molecular complexity index is 492. The van der Waals surface area contributed by atoms with Gasteiger partial charge < -0.3 is 4.74 Å². The highest BCUT2D eigenvalue weighted by molar-refractivity contribution is 7.91. The van der Waals surface area contributed by atoms with Crippen molar-refractivity contribution in [2.45, 2.75) is 0 Å². The van der Waals surface area contributed by atoms with Crippen LogP contribution in [0.3, 0.4) is 0 Å². The molecule has 1 N–H and O–H groups in total. The van der Waals surface area contributed by atoms with Crippen LogP contribution in [-0.4, -0.2) is 34.0 Å². The molecular formula is C10H13ClN2O4S. The van der Waals surface area contributed by atoms with E-state index in [1.165, 1.54) is 7.05 Å². The van der Waals surface area contributed by atoms with Gasteiger partial charge in [0, 0.05) is 7.05 Å². The second-order valence-corrected chi connectivity index (χ2v) is 5.31. The van der Waals surface area contributed by atoms with Gasteiger partial charge >= 0.3 is 16.3 Å². The summed E-state index contributed by atoms with van der Waals surface area (Å²) in [6.07, 6.45) is -1.06. The van der Waals surface area contributed by atoms with Crippen molar-refractivity contribution in [2.75, 3.05) is 23.8 Å². The fraction of sp³-hybridized carbons (Fsp3) is 0.300. The zero-order valence-electron chi connectivity index (χ0n) is 9.67. The molecule has 18 heavy (non-hydrogen) atoms. The Kier molecular flexibility index (Phi) is 5.24. The average Bonchev–Trinajstić information content (AvgIpc) is 2.36. The van der Waals surface area contributed by atoms with E-state index >= 15 is 0 Å². The summed E-state index contributed by atoms with van der Waals surface area (Å²) in [5.74, 6) is 0.0992. The third-order valence-corrected chi connectivity index (χ3v) is 3.51. The van der Waals surface area contributed by atoms with E-state index in [1.807, 2.05) is 0 Å². The first kappa shape index (κ1) is 14.6. The van der Waals surface area contributed by atoms with Gasteiger partial charge in [0.2, 0.25) is 0 Å². The topological polar surface area (TPSA) is 75.7 Å². The number of ether oxygens (including phenoxy) is 1. The molecule has 1 aromatic rings. The summed E-state index contributed by atoms with van der Waals surface area (Å²) in [4.78, 5) is 11.2. The van der Waals surface area contributed by atoms with Crippen LogP contribution in [0.25, 0.3) is 0 Å². The lowest BCUT2D eigenvalue weighted by molar-refractivity contribution is 0.159. The molecule has 0 heterocycles. The Hall–Kier alpha value is -1.47. The molecule has 0 fully saturated rings. The summed E-state index contributed by atoms with van der Waals surface area (Å²) >= 11 is 5.31. The zero-order chi connectivity index (χ0) is 13.6. The lowest BCUT2D eigenvalue weighted by Gasteiger charge is -2.19. The van der Waals surface area contributed by atoms with Crippen molar-refractivity contribution < 1.29 is 17.9 Å². The summed E-state index contributed by atoms with van der Waals surface area (Å²) in [5.41, 5.74) is 0.426. The predicted molar refractivity (Wildman–Crippen MR) is 69.0 cm³/mol. The van der Waals surface area contributed by atoms with Crippen LogP contribution in [0.15, 0.2) is 30.3 Å². The molecule has 100 valence electrons. The average molecular weight is 293 g/mol. The molecule has 0 spiro atoms. The summed E-state index contributed by atoms with van der Waals surface area (Å²) < 4.78 is 30.8. The predicted octanol–water partition coefficient (Wildman–Crippen LogP) is 1.33. The van der Waals surface area contributed by atoms with Gasteiger partial charge in [0.15, 0.2) is 0 Å². The van der Waals surface area contributed by atoms with Crippen molar-refractivity contribution in [3.05, 3.63) is 30.3 Å². The van der Waals surface area contributed by atoms with E-state index in [4.69, 9.17) is 11.6 Å². The number of rotatable bonds is 5. The van der Waals surface area contributed by atoms with Crippen LogP contribution in [0.4, 0.5) is 10.5 Å². The van der Waals surface area contributed by atoms with Gasteiger partial charge in [-0.3, -0.25) is 4.31 Å². The van der Waals surface area contributed by atoms with Gasteiger partial charge in [0.1, 0.15) is 6.61 Å². The number of amides is 1. The van der Waals surface area contributed by atoms with Crippen molar-refractivity contribution in [2.24, 2.45) is 0 Å². The molecule has 0 aromatic heterocycles. The highest BCUT2D eigenvalue weighted by Gasteiger charge is 2.21. The molecular weight excluding hydrogens is 280 g/mol. The molecule has 1 rings (SSSR count). The first-order valence-electron chi connectivity index (χ1n) is 5.02. The Labute approximate surface area is 111 Å². The molecule has 0 aliphatic carbocycles. The third-order valence-electron chi connectivity index (χ3n) is 2.00. The molecule has 0 aliphatic rings. The maximum Gasteiger partial charge on any atom is 0.422 e. The quantitative estimate of drug-likeness (QED) is 0.831. The van der Waals surface area contributed by atoms with Gasteiger partial charge in [-0.2, -0.15) is 8.42 Å². The SMILES string of the molecule is CN(c1ccccc1)S(=O)(=O)NC(=O)OCCCl. The van der Waals surface area contributed by atoms with E-state index in [9.17, 15) is 13.2 Å². The standard InChI is InChI=1S/C10H13ClN2O4S/c1-13(9-5-3-2-4-6-9)18(15,16)12-10(14)17-8-7-11/h2-6H,7-8H2,1H3,(H,12,14). The minimum atomic E-state index is -3.98. The van der Waals surface area contributed by atoms with E-state index in [-0.39, 0.29) is 12.5 Å². The molecule has 0 atom stereocenters. The third kappa shape index (κ3) is 4.08. The van der Waals surface area contributed by atoms with Crippen LogP contribution in [0, 0.1) is 0 Å². The Balaban J connectivity index is 2.72. The van der Waals surface area contributed by atoms with Gasteiger partial charge in [-0.25, -0.2) is 9.52 Å². The van der Waals surface area contributed by atoms with Crippen molar-refractivity contribution in [1.29, 1.82) is 0 Å². The summed E-state index contributed by atoms with van der Waals surface area (Å²) in [5, 5.41) is 0. The van der Waals surface area contributed by atoms with Gasteiger partial charge in [0.05, 0.1) is 11.6 Å². The molecule has 0 unspecified atom stereocenters. The maximum atomic E-state index is 11.8. The van der Waals surface area contributed by atoms with E-state index in [0.29, 0.717) is 5.69 Å². The first-order chi connectivity index (χ1) is 8.47. The Morgan fingerprint density at radius 2 is 2.00 bits per heavy atom. The fourth-order valence-electron chi connectivity index (χ4n) is 1.11. The van der Waals surface area contributed by atoms with Gasteiger partial charge in [-0.1, -0.05) is 18.2 Å². The van der Waals surface area contributed by atoms with E-state index in [2.05, 4.69) is 4.74 Å². The summed E-state index contributed by atoms with van der Waals surface area (Å²) in [6, 6.07) is 8.33. The van der Waals surface area contributed by atoms with Crippen molar-refractivity contribution >= 4 is 33.6 Å². The fourth-order valence-corrected chi connectivity index (χ4v) is 1.99. The molecule has 0 bridgehead atoms. The molecule has 0 saturated carbocycles. The minimum absolute atomic E-state index is 0.0576. The van der Waals surface area contributed by atoms with Crippen LogP contribution in [0.2, 0.25) is 0 Å². The highest BCUT2D eigenvalue weighted by Crippen LogP contribution is 2.13. The largest absolute Gasteiger partial charge is 0.448 e. The van der Waals surface area contributed by atoms with Gasteiger partial charge in [-0.15, -0.1) is 11.6 Å². The molecule has 8 heteroatoms. The smallest absolute Gasteiger partial charge is 0.422 e. The second-order valence-electron chi connectivity index (χ2n) is 3.24. The number of alkyl halides is 1. The van der Waals surface area contributed by atoms with Crippen molar-refractivity contribution in [3.8, 4) is 0 Å². The number of hydrogen-bond donors (Lipinski definition) is 1. The van der Waals surface area contributed by atoms with Gasteiger partial charge in [0.25, 0.3) is 0 Å². The lowest BCUT2D eigenvalue weighted by Crippen LogP contribution is -2.42. The Morgan fingerprint density at radius 1 is 1.39 bits per heavy atom. The molecule has 0 saturated heterocycles. The number of nitrogens with one attached hydrogen (secondary N) is 1. The van der Waals surface area contributed by atoms with Crippen LogP contribution < -0.4 is 9.03 Å². The van der Waals surface area contributed by atoms with E-state index < -0.39 is 16.3 Å². The summed E-state index contributed by atoms with van der Waals surface area (Å²) in [7, 11) is -2.65. The minimum Gasteiger partial charge on any atom is -0.448 e. The summed E-state index contributed by atoms with van der Waals surface area (Å²) in [6.45, 7) is -0.0576. The van der Waals surface area contributed by atoms with Crippen LogP contribution in [0.5, 0.6) is 0 Å². The van der Waals surface area contributed by atoms with Crippen LogP contribution >= 0.6 is 11.6 Å². The number of para-hydroxylation sites is 1. The van der Waals surface area contributed by atoms with E-state index in [1.54, 1.807) is 35.1 Å². The number of benzene rings is 1. The van der Waals surface area contributed by atoms with Crippen molar-refractivity contribution in [3.63, 3.8) is 0 Å². The zero-order valence-corrected chi connectivity index (χ0v) is 11.2. The normalized spacial score (nSPS) is 10.8. The number of halogens is 1. The molecule has 0 aliphatic heterocycles. The molecule has 0 radical (unpaired) electrons. The Morgan fingerprint density at radius 3 is 2.56 bits per heavy atom. The van der Waals surface area contributed by atoms with Crippen molar-refractivity contribution in [1.82, 2.24) is 4.72 Å². The van der Waals surface area contributed by atoms with Crippen LogP contribution in [-0.2, 0) is 14.9 Å². The number of carbonyl (C=O) groups excluding carboxylic acids is 1. The van der Waals surface area contributed by atoms with Gasteiger partial charge in [-0.05, 0) is 12.1 Å². The lowest BCUT2D eigenvalue weighted by atomic mass is 10.3. The first-order valence-corrected chi connectivity index (χ1v) is 6.99. The highest BCUT2D eigenvalue weighted by atomic mass is 35.5. The number of hydrogen-bond acceptors (Lipinski definition) is 4. The molecule has 1 aromatic carbocycles. The number of carbonyl (C=O) groups is 1. The molecule has 1 amide bonds. The maximum absolute atomic E-state index is 11.8. The number of anilines is 1. The number of nitrogens with zero attached hydrogens (tertiary/aromatic N) is 1. The second kappa shape index (κ2) is 6.46. The molecule has 6 nitrogen and oxygen atoms in total.